The summed E-state index contributed by atoms with van der Waals surface area (Å²) in [6.07, 6.45) is 6.50. The summed E-state index contributed by atoms with van der Waals surface area (Å²) in [6.45, 7) is 5.87. The molecule has 0 aliphatic rings. The minimum absolute atomic E-state index is 0.0592. The summed E-state index contributed by atoms with van der Waals surface area (Å²) in [5.74, 6) is 1.39. The molecule has 0 aliphatic carbocycles. The Kier molecular flexibility index (Phi) is 7.27. The lowest BCUT2D eigenvalue weighted by atomic mass is 10.2. The molecule has 1 aromatic carbocycles. The van der Waals surface area contributed by atoms with Crippen LogP contribution in [0.25, 0.3) is 0 Å². The zero-order chi connectivity index (χ0) is 17.2. The summed E-state index contributed by atoms with van der Waals surface area (Å²) in [5.41, 5.74) is 0.814. The van der Waals surface area contributed by atoms with E-state index in [0.717, 1.165) is 30.8 Å². The zero-order valence-corrected chi connectivity index (χ0v) is 14.6. The number of benzene rings is 1. The molecule has 0 radical (unpaired) electrons. The third kappa shape index (κ3) is 6.82. The van der Waals surface area contributed by atoms with E-state index in [-0.39, 0.29) is 5.91 Å². The van der Waals surface area contributed by atoms with Gasteiger partial charge in [0.15, 0.2) is 12.4 Å². The summed E-state index contributed by atoms with van der Waals surface area (Å²) in [7, 11) is 0. The Morgan fingerprint density at radius 2 is 1.79 bits per heavy atom. The Balaban J connectivity index is 1.66. The smallest absolute Gasteiger partial charge is 0.224 e. The molecule has 0 aliphatic heterocycles. The van der Waals surface area contributed by atoms with Crippen molar-refractivity contribution in [3.05, 3.63) is 54.9 Å². The van der Waals surface area contributed by atoms with Crippen LogP contribution >= 0.6 is 0 Å². The van der Waals surface area contributed by atoms with Crippen LogP contribution in [0, 0.1) is 5.92 Å². The average Bonchev–Trinajstić information content (AvgIpc) is 2.59. The molecular formula is C20H27N2O2+. The lowest BCUT2D eigenvalue weighted by Crippen LogP contribution is -2.32. The van der Waals surface area contributed by atoms with Crippen LogP contribution in [0.1, 0.15) is 33.1 Å². The van der Waals surface area contributed by atoms with Gasteiger partial charge in [0.25, 0.3) is 0 Å². The Hall–Kier alpha value is -2.36. The first-order valence-corrected chi connectivity index (χ1v) is 8.60. The number of unbranched alkanes of at least 4 members (excludes halogenated alkanes) is 1. The van der Waals surface area contributed by atoms with Crippen LogP contribution in [0.15, 0.2) is 54.9 Å². The number of carbonyl (C=O) groups excluding carboxylic acids is 1. The number of hydrogen-bond acceptors (Lipinski definition) is 2. The number of carbonyl (C=O) groups is 1. The van der Waals surface area contributed by atoms with Crippen molar-refractivity contribution in [1.82, 2.24) is 0 Å². The van der Waals surface area contributed by atoms with E-state index < -0.39 is 0 Å². The second-order valence-electron chi connectivity index (χ2n) is 6.35. The Morgan fingerprint density at radius 3 is 2.46 bits per heavy atom. The molecule has 1 aromatic heterocycles. The second kappa shape index (κ2) is 9.71. The van der Waals surface area contributed by atoms with Crippen LogP contribution < -0.4 is 14.6 Å². The molecule has 0 atom stereocenters. The Labute approximate surface area is 144 Å². The molecule has 0 spiro atoms. The van der Waals surface area contributed by atoms with E-state index in [1.54, 1.807) is 0 Å². The van der Waals surface area contributed by atoms with Gasteiger partial charge in [-0.2, -0.15) is 0 Å². The number of nitrogens with zero attached hydrogens (tertiary/aromatic N) is 1. The maximum absolute atomic E-state index is 12.0. The molecule has 1 heterocycles. The quantitative estimate of drug-likeness (QED) is 0.562. The SMILES string of the molecule is CC(C)COc1ccc(NC(=O)CCCC[n+]2ccccc2)cc1. The molecule has 0 saturated carbocycles. The Bertz CT molecular complexity index is 609. The fourth-order valence-electron chi connectivity index (χ4n) is 2.28. The van der Waals surface area contributed by atoms with Gasteiger partial charge in [-0.1, -0.05) is 19.9 Å². The van der Waals surface area contributed by atoms with Gasteiger partial charge in [-0.05, 0) is 36.6 Å². The van der Waals surface area contributed by atoms with Gasteiger partial charge in [-0.3, -0.25) is 4.79 Å². The van der Waals surface area contributed by atoms with Crippen molar-refractivity contribution in [3.63, 3.8) is 0 Å². The number of rotatable bonds is 9. The second-order valence-corrected chi connectivity index (χ2v) is 6.35. The maximum Gasteiger partial charge on any atom is 0.224 e. The van der Waals surface area contributed by atoms with Gasteiger partial charge in [0.05, 0.1) is 6.61 Å². The highest BCUT2D eigenvalue weighted by Gasteiger charge is 2.05. The number of nitrogens with one attached hydrogen (secondary N) is 1. The van der Waals surface area contributed by atoms with Gasteiger partial charge in [-0.25, -0.2) is 4.57 Å². The molecule has 0 bridgehead atoms. The molecular weight excluding hydrogens is 300 g/mol. The van der Waals surface area contributed by atoms with E-state index in [9.17, 15) is 4.79 Å². The molecule has 2 aromatic rings. The number of pyridine rings is 1. The predicted octanol–water partition coefficient (Wildman–Crippen LogP) is 3.82. The van der Waals surface area contributed by atoms with Crippen molar-refractivity contribution in [2.45, 2.75) is 39.7 Å². The predicted molar refractivity (Wildman–Crippen MR) is 95.9 cm³/mol. The highest BCUT2D eigenvalue weighted by atomic mass is 16.5. The number of aryl methyl sites for hydroxylation is 1. The highest BCUT2D eigenvalue weighted by molar-refractivity contribution is 5.90. The molecule has 0 unspecified atom stereocenters. The van der Waals surface area contributed by atoms with E-state index in [2.05, 4.69) is 23.7 Å². The third-order valence-electron chi connectivity index (χ3n) is 3.57. The van der Waals surface area contributed by atoms with Crippen LogP contribution in [-0.2, 0) is 11.3 Å². The molecule has 4 heteroatoms. The van der Waals surface area contributed by atoms with Gasteiger partial charge >= 0.3 is 0 Å². The highest BCUT2D eigenvalue weighted by Crippen LogP contribution is 2.16. The fourth-order valence-corrected chi connectivity index (χ4v) is 2.28. The minimum atomic E-state index is 0.0592. The molecule has 128 valence electrons. The minimum Gasteiger partial charge on any atom is -0.493 e. The third-order valence-corrected chi connectivity index (χ3v) is 3.57. The number of amides is 1. The van der Waals surface area contributed by atoms with Crippen molar-refractivity contribution in [1.29, 1.82) is 0 Å². The number of aromatic nitrogens is 1. The van der Waals surface area contributed by atoms with E-state index in [0.29, 0.717) is 18.9 Å². The molecule has 0 saturated heterocycles. The number of ether oxygens (including phenoxy) is 1. The maximum atomic E-state index is 12.0. The summed E-state index contributed by atoms with van der Waals surface area (Å²) in [4.78, 5) is 12.0. The monoisotopic (exact) mass is 327 g/mol. The van der Waals surface area contributed by atoms with E-state index in [1.807, 2.05) is 54.9 Å². The van der Waals surface area contributed by atoms with Crippen molar-refractivity contribution < 1.29 is 14.1 Å². The van der Waals surface area contributed by atoms with Gasteiger partial charge in [0, 0.05) is 30.7 Å². The summed E-state index contributed by atoms with van der Waals surface area (Å²) in [5, 5.41) is 2.93. The van der Waals surface area contributed by atoms with Crippen LogP contribution in [0.4, 0.5) is 5.69 Å². The van der Waals surface area contributed by atoms with Crippen LogP contribution in [0.3, 0.4) is 0 Å². The standard InChI is InChI=1S/C20H26N2O2/c1-17(2)16-24-19-11-9-18(10-12-19)21-20(23)8-4-7-15-22-13-5-3-6-14-22/h3,5-6,9-14,17H,4,7-8,15-16H2,1-2H3/p+1. The largest absolute Gasteiger partial charge is 0.493 e. The lowest BCUT2D eigenvalue weighted by molar-refractivity contribution is -0.697. The number of anilines is 1. The lowest BCUT2D eigenvalue weighted by Gasteiger charge is -2.10. The van der Waals surface area contributed by atoms with Crippen LogP contribution in [0.5, 0.6) is 5.75 Å². The van der Waals surface area contributed by atoms with E-state index in [1.165, 1.54) is 0 Å². The first kappa shape index (κ1) is 18.0. The first-order valence-electron chi connectivity index (χ1n) is 8.60. The fraction of sp³-hybridized carbons (Fsp3) is 0.400. The number of hydrogen-bond donors (Lipinski definition) is 1. The molecule has 1 N–H and O–H groups in total. The van der Waals surface area contributed by atoms with Crippen molar-refractivity contribution in [2.24, 2.45) is 5.92 Å². The molecule has 0 fully saturated rings. The summed E-state index contributed by atoms with van der Waals surface area (Å²) < 4.78 is 7.77. The van der Waals surface area contributed by atoms with Crippen molar-refractivity contribution >= 4 is 11.6 Å². The van der Waals surface area contributed by atoms with Crippen LogP contribution in [-0.4, -0.2) is 12.5 Å². The van der Waals surface area contributed by atoms with Crippen molar-refractivity contribution in [2.75, 3.05) is 11.9 Å². The molecule has 4 nitrogen and oxygen atoms in total. The van der Waals surface area contributed by atoms with E-state index >= 15 is 0 Å². The summed E-state index contributed by atoms with van der Waals surface area (Å²) in [6, 6.07) is 13.6. The first-order chi connectivity index (χ1) is 11.6. The topological polar surface area (TPSA) is 42.2 Å². The molecule has 2 rings (SSSR count). The van der Waals surface area contributed by atoms with Gasteiger partial charge < -0.3 is 10.1 Å². The van der Waals surface area contributed by atoms with Gasteiger partial charge in [0.2, 0.25) is 5.91 Å². The van der Waals surface area contributed by atoms with Crippen LogP contribution in [0.2, 0.25) is 0 Å². The zero-order valence-electron chi connectivity index (χ0n) is 14.6. The van der Waals surface area contributed by atoms with E-state index in [4.69, 9.17) is 4.74 Å². The van der Waals surface area contributed by atoms with Gasteiger partial charge in [0.1, 0.15) is 12.3 Å². The molecule has 1 amide bonds. The Morgan fingerprint density at radius 1 is 1.08 bits per heavy atom. The molecule has 24 heavy (non-hydrogen) atoms. The van der Waals surface area contributed by atoms with Crippen molar-refractivity contribution in [3.8, 4) is 5.75 Å². The average molecular weight is 327 g/mol. The summed E-state index contributed by atoms with van der Waals surface area (Å²) >= 11 is 0. The normalized spacial score (nSPS) is 10.6. The van der Waals surface area contributed by atoms with Gasteiger partial charge in [-0.15, -0.1) is 0 Å².